The Morgan fingerprint density at radius 2 is 1.97 bits per heavy atom. The quantitative estimate of drug-likeness (QED) is 0.506. The molecule has 2 N–H and O–H groups in total. The molecule has 0 amide bonds. The van der Waals surface area contributed by atoms with E-state index in [0.29, 0.717) is 53.6 Å². The minimum absolute atomic E-state index is 0.0178. The number of halogens is 2. The second-order valence-corrected chi connectivity index (χ2v) is 8.30. The predicted molar refractivity (Wildman–Crippen MR) is 120 cm³/mol. The van der Waals surface area contributed by atoms with E-state index >= 15 is 0 Å². The Morgan fingerprint density at radius 3 is 2.65 bits per heavy atom. The Balaban J connectivity index is 1.83. The molecule has 2 aromatic carbocycles. The van der Waals surface area contributed by atoms with Crippen molar-refractivity contribution in [1.82, 2.24) is 14.9 Å². The van der Waals surface area contributed by atoms with E-state index in [-0.39, 0.29) is 5.02 Å². The average molecular weight is 449 g/mol. The molecule has 0 bridgehead atoms. The van der Waals surface area contributed by atoms with Crippen LogP contribution in [0.25, 0.3) is 10.9 Å². The molecular weight excluding hydrogens is 423 g/mol. The van der Waals surface area contributed by atoms with Crippen LogP contribution >= 0.6 is 11.6 Å². The van der Waals surface area contributed by atoms with Gasteiger partial charge in [0.05, 0.1) is 23.3 Å². The summed E-state index contributed by atoms with van der Waals surface area (Å²) in [6, 6.07) is 7.93. The third-order valence-electron chi connectivity index (χ3n) is 4.49. The highest BCUT2D eigenvalue weighted by atomic mass is 35.5. The van der Waals surface area contributed by atoms with Gasteiger partial charge in [-0.25, -0.2) is 14.4 Å². The van der Waals surface area contributed by atoms with Crippen molar-refractivity contribution in [2.24, 2.45) is 0 Å². The Morgan fingerprint density at radius 1 is 1.19 bits per heavy atom. The highest BCUT2D eigenvalue weighted by Crippen LogP contribution is 2.35. The number of methoxy groups -OCH3 is 1. The molecule has 0 saturated carbocycles. The van der Waals surface area contributed by atoms with Crippen LogP contribution in [0.3, 0.4) is 0 Å². The average Bonchev–Trinajstić information content (AvgIpc) is 2.69. The first kappa shape index (κ1) is 23.0. The maximum Gasteiger partial charge on any atom is 0.162 e. The number of likely N-dealkylation sites (N-methyl/N-ethyl adjacent to an activating group) is 1. The van der Waals surface area contributed by atoms with Crippen LogP contribution in [0, 0.1) is 5.82 Å². The predicted octanol–water partition coefficient (Wildman–Crippen LogP) is 4.26. The van der Waals surface area contributed by atoms with Gasteiger partial charge in [0.2, 0.25) is 0 Å². The van der Waals surface area contributed by atoms with Crippen LogP contribution in [-0.2, 0) is 0 Å². The molecule has 3 aromatic rings. The molecule has 31 heavy (non-hydrogen) atoms. The first-order valence-electron chi connectivity index (χ1n) is 9.75. The molecule has 0 atom stereocenters. The molecule has 0 spiro atoms. The van der Waals surface area contributed by atoms with Gasteiger partial charge >= 0.3 is 0 Å². The molecule has 1 heterocycles. The zero-order valence-electron chi connectivity index (χ0n) is 17.9. The van der Waals surface area contributed by atoms with E-state index in [0.717, 1.165) is 0 Å². The van der Waals surface area contributed by atoms with Gasteiger partial charge in [-0.1, -0.05) is 11.6 Å². The fourth-order valence-electron chi connectivity index (χ4n) is 3.20. The lowest BCUT2D eigenvalue weighted by Crippen LogP contribution is -2.38. The van der Waals surface area contributed by atoms with Crippen molar-refractivity contribution in [1.29, 1.82) is 0 Å². The highest BCUT2D eigenvalue weighted by Gasteiger charge is 2.16. The van der Waals surface area contributed by atoms with E-state index < -0.39 is 11.4 Å². The van der Waals surface area contributed by atoms with Crippen LogP contribution in [0.2, 0.25) is 5.02 Å². The van der Waals surface area contributed by atoms with E-state index in [1.54, 1.807) is 39.2 Å². The molecule has 9 heteroatoms. The second-order valence-electron chi connectivity index (χ2n) is 7.90. The smallest absolute Gasteiger partial charge is 0.162 e. The first-order valence-corrected chi connectivity index (χ1v) is 10.1. The number of benzene rings is 2. The van der Waals surface area contributed by atoms with E-state index in [1.165, 1.54) is 18.5 Å². The summed E-state index contributed by atoms with van der Waals surface area (Å²) in [6.45, 7) is 5.07. The number of hydrogen-bond acceptors (Lipinski definition) is 7. The second kappa shape index (κ2) is 9.64. The summed E-state index contributed by atoms with van der Waals surface area (Å²) in [5.41, 5.74) is 0.475. The maximum atomic E-state index is 13.5. The monoisotopic (exact) mass is 448 g/mol. The van der Waals surface area contributed by atoms with Crippen molar-refractivity contribution in [2.45, 2.75) is 19.4 Å². The SMILES string of the molecule is COc1cc2ncnc(Nc3ccc(F)c(Cl)c3)c2cc1OCCN(C)CC(C)(C)O. The lowest BCUT2D eigenvalue weighted by atomic mass is 10.1. The molecule has 0 radical (unpaired) electrons. The lowest BCUT2D eigenvalue weighted by molar-refractivity contribution is 0.0410. The standard InChI is InChI=1S/C22H26ClFN4O3/c1-22(2,29)12-28(3)7-8-31-20-10-15-18(11-19(20)30-4)25-13-26-21(15)27-14-5-6-17(24)16(23)9-14/h5-6,9-11,13,29H,7-8,12H2,1-4H3,(H,25,26,27). The summed E-state index contributed by atoms with van der Waals surface area (Å²) in [5.74, 6) is 1.13. The van der Waals surface area contributed by atoms with Crippen molar-refractivity contribution in [3.05, 3.63) is 47.5 Å². The molecule has 0 saturated heterocycles. The van der Waals surface area contributed by atoms with E-state index in [9.17, 15) is 9.50 Å². The number of aromatic nitrogens is 2. The number of rotatable bonds is 9. The summed E-state index contributed by atoms with van der Waals surface area (Å²) in [7, 11) is 3.48. The van der Waals surface area contributed by atoms with Gasteiger partial charge in [-0.2, -0.15) is 0 Å². The largest absolute Gasteiger partial charge is 0.493 e. The molecule has 1 aromatic heterocycles. The fourth-order valence-corrected chi connectivity index (χ4v) is 3.38. The zero-order chi connectivity index (χ0) is 22.6. The Labute approximate surface area is 185 Å². The molecule has 0 aliphatic heterocycles. The van der Waals surface area contributed by atoms with Crippen molar-refractivity contribution in [2.75, 3.05) is 39.2 Å². The topological polar surface area (TPSA) is 79.7 Å². The molecule has 0 aliphatic rings. The number of nitrogens with one attached hydrogen (secondary N) is 1. The molecule has 166 valence electrons. The molecule has 7 nitrogen and oxygen atoms in total. The van der Waals surface area contributed by atoms with Crippen molar-refractivity contribution in [3.8, 4) is 11.5 Å². The van der Waals surface area contributed by atoms with Crippen LogP contribution in [0.5, 0.6) is 11.5 Å². The van der Waals surface area contributed by atoms with Gasteiger partial charge in [-0.05, 0) is 45.2 Å². The van der Waals surface area contributed by atoms with Crippen molar-refractivity contribution in [3.63, 3.8) is 0 Å². The molecule has 0 unspecified atom stereocenters. The van der Waals surface area contributed by atoms with E-state index in [4.69, 9.17) is 21.1 Å². The minimum Gasteiger partial charge on any atom is -0.493 e. The van der Waals surface area contributed by atoms with Crippen LogP contribution in [0.4, 0.5) is 15.9 Å². The fraction of sp³-hybridized carbons (Fsp3) is 0.364. The highest BCUT2D eigenvalue weighted by molar-refractivity contribution is 6.31. The maximum absolute atomic E-state index is 13.5. The van der Waals surface area contributed by atoms with Gasteiger partial charge in [0.25, 0.3) is 0 Å². The molecule has 3 rings (SSSR count). The Bertz CT molecular complexity index is 1060. The Kier molecular flexibility index (Phi) is 7.15. The van der Waals surface area contributed by atoms with Crippen molar-refractivity contribution < 1.29 is 19.0 Å². The van der Waals surface area contributed by atoms with E-state index in [1.807, 2.05) is 11.9 Å². The molecular formula is C22H26ClFN4O3. The van der Waals surface area contributed by atoms with Crippen molar-refractivity contribution >= 4 is 34.0 Å². The summed E-state index contributed by atoms with van der Waals surface area (Å²) in [4.78, 5) is 10.6. The number of nitrogens with zero attached hydrogens (tertiary/aromatic N) is 3. The molecule has 0 aliphatic carbocycles. The van der Waals surface area contributed by atoms with E-state index in [2.05, 4.69) is 15.3 Å². The number of aliphatic hydroxyl groups is 1. The number of fused-ring (bicyclic) bond motifs is 1. The normalized spacial score (nSPS) is 11.7. The minimum atomic E-state index is -0.781. The van der Waals surface area contributed by atoms with Crippen LogP contribution in [0.15, 0.2) is 36.7 Å². The summed E-state index contributed by atoms with van der Waals surface area (Å²) in [5, 5.41) is 13.8. The van der Waals surface area contributed by atoms with Gasteiger partial charge in [0, 0.05) is 30.2 Å². The summed E-state index contributed by atoms with van der Waals surface area (Å²) >= 11 is 5.88. The van der Waals surface area contributed by atoms with Gasteiger partial charge in [-0.15, -0.1) is 0 Å². The van der Waals surface area contributed by atoms with Crippen LogP contribution < -0.4 is 14.8 Å². The van der Waals surface area contributed by atoms with Gasteiger partial charge in [-0.3, -0.25) is 0 Å². The summed E-state index contributed by atoms with van der Waals surface area (Å²) in [6.07, 6.45) is 1.43. The van der Waals surface area contributed by atoms with Gasteiger partial charge in [0.1, 0.15) is 24.6 Å². The lowest BCUT2D eigenvalue weighted by Gasteiger charge is -2.25. The molecule has 0 fully saturated rings. The first-order chi connectivity index (χ1) is 14.7. The third kappa shape index (κ3) is 6.16. The summed E-state index contributed by atoms with van der Waals surface area (Å²) < 4.78 is 24.9. The van der Waals surface area contributed by atoms with Crippen LogP contribution in [-0.4, -0.2) is 59.4 Å². The number of ether oxygens (including phenoxy) is 2. The van der Waals surface area contributed by atoms with Gasteiger partial charge < -0.3 is 24.8 Å². The van der Waals surface area contributed by atoms with Crippen LogP contribution in [0.1, 0.15) is 13.8 Å². The third-order valence-corrected chi connectivity index (χ3v) is 4.78. The Hall–Kier alpha value is -2.68. The zero-order valence-corrected chi connectivity index (χ0v) is 18.7. The number of anilines is 2. The van der Waals surface area contributed by atoms with Gasteiger partial charge in [0.15, 0.2) is 11.5 Å². The number of hydrogen-bond donors (Lipinski definition) is 2.